The largest absolute Gasteiger partial charge is 0.455 e. The quantitative estimate of drug-likeness (QED) is 0.706. The van der Waals surface area contributed by atoms with E-state index in [1.165, 1.54) is 0 Å². The van der Waals surface area contributed by atoms with E-state index in [1.807, 2.05) is 13.8 Å². The van der Waals surface area contributed by atoms with E-state index in [-0.39, 0.29) is 17.8 Å². The molecule has 0 aromatic carbocycles. The zero-order chi connectivity index (χ0) is 12.0. The van der Waals surface area contributed by atoms with Crippen LogP contribution in [-0.4, -0.2) is 25.2 Å². The van der Waals surface area contributed by atoms with Crippen molar-refractivity contribution in [3.8, 4) is 0 Å². The summed E-state index contributed by atoms with van der Waals surface area (Å²) in [5.74, 6) is 0.639. The van der Waals surface area contributed by atoms with Crippen LogP contribution >= 0.6 is 0 Å². The maximum Gasteiger partial charge on any atom is 0.287 e. The van der Waals surface area contributed by atoms with Crippen molar-refractivity contribution in [2.45, 2.75) is 26.5 Å². The van der Waals surface area contributed by atoms with Crippen molar-refractivity contribution < 1.29 is 13.9 Å². The Hall–Kier alpha value is -1.33. The molecule has 5 heteroatoms. The molecule has 16 heavy (non-hydrogen) atoms. The summed E-state index contributed by atoms with van der Waals surface area (Å²) in [5, 5.41) is 2.69. The van der Waals surface area contributed by atoms with Gasteiger partial charge in [-0.25, -0.2) is 0 Å². The van der Waals surface area contributed by atoms with Crippen molar-refractivity contribution in [3.05, 3.63) is 23.7 Å². The fourth-order valence-electron chi connectivity index (χ4n) is 1.16. The van der Waals surface area contributed by atoms with Crippen LogP contribution in [0, 0.1) is 0 Å². The van der Waals surface area contributed by atoms with E-state index in [0.29, 0.717) is 25.5 Å². The summed E-state index contributed by atoms with van der Waals surface area (Å²) >= 11 is 0. The van der Waals surface area contributed by atoms with Gasteiger partial charge < -0.3 is 20.2 Å². The zero-order valence-electron chi connectivity index (χ0n) is 9.66. The number of furan rings is 1. The predicted octanol–water partition coefficient (Wildman–Crippen LogP) is 0.893. The van der Waals surface area contributed by atoms with Crippen LogP contribution in [0.2, 0.25) is 0 Å². The van der Waals surface area contributed by atoms with Crippen molar-refractivity contribution in [2.75, 3.05) is 13.2 Å². The molecule has 1 aromatic rings. The molecule has 0 saturated heterocycles. The summed E-state index contributed by atoms with van der Waals surface area (Å²) in [6.45, 7) is 5.15. The van der Waals surface area contributed by atoms with Gasteiger partial charge in [-0.3, -0.25) is 4.79 Å². The van der Waals surface area contributed by atoms with Crippen molar-refractivity contribution in [3.63, 3.8) is 0 Å². The van der Waals surface area contributed by atoms with Crippen LogP contribution in [0.15, 0.2) is 16.5 Å². The van der Waals surface area contributed by atoms with E-state index >= 15 is 0 Å². The molecule has 0 saturated carbocycles. The number of carbonyl (C=O) groups excluding carboxylic acids is 1. The number of nitrogens with one attached hydrogen (secondary N) is 1. The van der Waals surface area contributed by atoms with Crippen molar-refractivity contribution in [1.82, 2.24) is 5.32 Å². The Morgan fingerprint density at radius 3 is 2.88 bits per heavy atom. The lowest BCUT2D eigenvalue weighted by atomic mass is 10.4. The standard InChI is InChI=1S/C11H18N2O3/c1-8(2)15-6-5-13-11(14)10-4-3-9(7-12)16-10/h3-4,8H,5-7,12H2,1-2H3,(H,13,14). The molecular formula is C11H18N2O3. The van der Waals surface area contributed by atoms with Gasteiger partial charge >= 0.3 is 0 Å². The summed E-state index contributed by atoms with van der Waals surface area (Å²) < 4.78 is 10.5. The minimum atomic E-state index is -0.243. The van der Waals surface area contributed by atoms with Crippen LogP contribution in [0.3, 0.4) is 0 Å². The second kappa shape index (κ2) is 6.30. The first-order valence-electron chi connectivity index (χ1n) is 5.32. The molecule has 1 rings (SSSR count). The van der Waals surface area contributed by atoms with Crippen molar-refractivity contribution in [1.29, 1.82) is 0 Å². The molecule has 5 nitrogen and oxygen atoms in total. The molecule has 0 unspecified atom stereocenters. The number of carbonyl (C=O) groups is 1. The molecule has 0 spiro atoms. The van der Waals surface area contributed by atoms with E-state index in [0.717, 1.165) is 0 Å². The molecule has 0 atom stereocenters. The first-order chi connectivity index (χ1) is 7.63. The Labute approximate surface area is 94.9 Å². The van der Waals surface area contributed by atoms with Crippen LogP contribution in [0.5, 0.6) is 0 Å². The number of hydrogen-bond donors (Lipinski definition) is 2. The average molecular weight is 226 g/mol. The highest BCUT2D eigenvalue weighted by Crippen LogP contribution is 2.06. The molecule has 0 radical (unpaired) electrons. The van der Waals surface area contributed by atoms with Gasteiger partial charge in [-0.2, -0.15) is 0 Å². The third-order valence-electron chi connectivity index (χ3n) is 1.93. The minimum Gasteiger partial charge on any atom is -0.455 e. The van der Waals surface area contributed by atoms with Gasteiger partial charge in [-0.1, -0.05) is 0 Å². The Bertz CT molecular complexity index is 334. The zero-order valence-corrected chi connectivity index (χ0v) is 9.66. The third-order valence-corrected chi connectivity index (χ3v) is 1.93. The third kappa shape index (κ3) is 4.04. The van der Waals surface area contributed by atoms with E-state index in [9.17, 15) is 4.79 Å². The highest BCUT2D eigenvalue weighted by atomic mass is 16.5. The highest BCUT2D eigenvalue weighted by Gasteiger charge is 2.09. The van der Waals surface area contributed by atoms with Gasteiger partial charge in [-0.05, 0) is 26.0 Å². The second-order valence-electron chi connectivity index (χ2n) is 3.65. The van der Waals surface area contributed by atoms with Gasteiger partial charge in [0.25, 0.3) is 5.91 Å². The molecule has 1 amide bonds. The average Bonchev–Trinajstić information content (AvgIpc) is 2.72. The van der Waals surface area contributed by atoms with Crippen LogP contribution in [0.25, 0.3) is 0 Å². The molecule has 0 aliphatic heterocycles. The van der Waals surface area contributed by atoms with E-state index in [1.54, 1.807) is 12.1 Å². The van der Waals surface area contributed by atoms with Crippen LogP contribution < -0.4 is 11.1 Å². The molecular weight excluding hydrogens is 208 g/mol. The molecule has 0 aliphatic rings. The first-order valence-corrected chi connectivity index (χ1v) is 5.32. The van der Waals surface area contributed by atoms with E-state index in [4.69, 9.17) is 14.9 Å². The van der Waals surface area contributed by atoms with Gasteiger partial charge in [-0.15, -0.1) is 0 Å². The number of ether oxygens (including phenoxy) is 1. The fourth-order valence-corrected chi connectivity index (χ4v) is 1.16. The number of nitrogens with two attached hydrogens (primary N) is 1. The van der Waals surface area contributed by atoms with Crippen molar-refractivity contribution in [2.24, 2.45) is 5.73 Å². The summed E-state index contributed by atoms with van der Waals surface area (Å²) in [7, 11) is 0. The highest BCUT2D eigenvalue weighted by molar-refractivity contribution is 5.91. The topological polar surface area (TPSA) is 77.5 Å². The van der Waals surface area contributed by atoms with Crippen LogP contribution in [-0.2, 0) is 11.3 Å². The summed E-state index contributed by atoms with van der Waals surface area (Å²) in [6, 6.07) is 3.31. The molecule has 0 fully saturated rings. The molecule has 3 N–H and O–H groups in total. The van der Waals surface area contributed by atoms with Gasteiger partial charge in [0, 0.05) is 6.54 Å². The van der Waals surface area contributed by atoms with Crippen LogP contribution in [0.1, 0.15) is 30.2 Å². The number of rotatable bonds is 6. The normalized spacial score (nSPS) is 10.8. The van der Waals surface area contributed by atoms with Crippen molar-refractivity contribution >= 4 is 5.91 Å². The lowest BCUT2D eigenvalue weighted by Gasteiger charge is -2.07. The van der Waals surface area contributed by atoms with E-state index in [2.05, 4.69) is 5.32 Å². The smallest absolute Gasteiger partial charge is 0.287 e. The summed E-state index contributed by atoms with van der Waals surface area (Å²) in [5.41, 5.74) is 5.37. The second-order valence-corrected chi connectivity index (χ2v) is 3.65. The maximum absolute atomic E-state index is 11.5. The molecule has 0 aliphatic carbocycles. The lowest BCUT2D eigenvalue weighted by molar-refractivity contribution is 0.0736. The van der Waals surface area contributed by atoms with Gasteiger partial charge in [0.2, 0.25) is 0 Å². The fraction of sp³-hybridized carbons (Fsp3) is 0.545. The van der Waals surface area contributed by atoms with Gasteiger partial charge in [0.05, 0.1) is 19.3 Å². The molecule has 0 bridgehead atoms. The van der Waals surface area contributed by atoms with Crippen LogP contribution in [0.4, 0.5) is 0 Å². The predicted molar refractivity (Wildman–Crippen MR) is 60.0 cm³/mol. The number of hydrogen-bond acceptors (Lipinski definition) is 4. The van der Waals surface area contributed by atoms with E-state index < -0.39 is 0 Å². The number of amides is 1. The minimum absolute atomic E-state index is 0.171. The Balaban J connectivity index is 2.29. The Morgan fingerprint density at radius 1 is 1.56 bits per heavy atom. The summed E-state index contributed by atoms with van der Waals surface area (Å²) in [4.78, 5) is 11.5. The maximum atomic E-state index is 11.5. The van der Waals surface area contributed by atoms with Gasteiger partial charge in [0.15, 0.2) is 5.76 Å². The molecule has 1 aromatic heterocycles. The monoisotopic (exact) mass is 226 g/mol. The Morgan fingerprint density at radius 2 is 2.31 bits per heavy atom. The molecule has 1 heterocycles. The Kier molecular flexibility index (Phi) is 5.01. The molecule has 90 valence electrons. The SMILES string of the molecule is CC(C)OCCNC(=O)c1ccc(CN)o1. The van der Waals surface area contributed by atoms with Gasteiger partial charge in [0.1, 0.15) is 5.76 Å². The first kappa shape index (κ1) is 12.7. The lowest BCUT2D eigenvalue weighted by Crippen LogP contribution is -2.27. The summed E-state index contributed by atoms with van der Waals surface area (Å²) in [6.07, 6.45) is 0.171.